The second-order valence-electron chi connectivity index (χ2n) is 4.01. The summed E-state index contributed by atoms with van der Waals surface area (Å²) in [7, 11) is 0. The van der Waals surface area contributed by atoms with Crippen LogP contribution in [0.2, 0.25) is 0 Å². The smallest absolute Gasteiger partial charge is 0.0116 e. The van der Waals surface area contributed by atoms with E-state index in [4.69, 9.17) is 0 Å². The molecule has 16 heavy (non-hydrogen) atoms. The van der Waals surface area contributed by atoms with E-state index < -0.39 is 0 Å². The molecule has 1 rings (SSSR count). The molecule has 0 aliphatic carbocycles. The van der Waals surface area contributed by atoms with Crippen LogP contribution in [0, 0.1) is 0 Å². The molecule has 1 aromatic carbocycles. The Labute approximate surface area is 104 Å². The Morgan fingerprint density at radius 3 is 2.50 bits per heavy atom. The van der Waals surface area contributed by atoms with Crippen molar-refractivity contribution >= 4 is 11.8 Å². The van der Waals surface area contributed by atoms with Gasteiger partial charge in [-0.15, -0.1) is 0 Å². The number of rotatable bonds is 8. The topological polar surface area (TPSA) is 0 Å². The molecule has 0 N–H and O–H groups in total. The third-order valence-electron chi connectivity index (χ3n) is 2.52. The van der Waals surface area contributed by atoms with E-state index in [-0.39, 0.29) is 0 Å². The van der Waals surface area contributed by atoms with Crippen molar-refractivity contribution in [2.75, 3.05) is 0 Å². The van der Waals surface area contributed by atoms with Crippen molar-refractivity contribution in [1.82, 2.24) is 0 Å². The molecule has 0 amide bonds. The molecule has 1 aromatic rings. The molecular weight excluding hydrogens is 212 g/mol. The number of hydrogen-bond donors (Lipinski definition) is 0. The van der Waals surface area contributed by atoms with Crippen LogP contribution in [-0.4, -0.2) is 0 Å². The van der Waals surface area contributed by atoms with Crippen LogP contribution in [0.3, 0.4) is 0 Å². The third-order valence-corrected chi connectivity index (χ3v) is 3.39. The molecule has 0 spiro atoms. The molecule has 0 radical (unpaired) electrons. The molecule has 1 heteroatoms. The summed E-state index contributed by atoms with van der Waals surface area (Å²) in [6, 6.07) is 10.5. The first-order valence-corrected chi connectivity index (χ1v) is 7.18. The molecule has 0 saturated heterocycles. The summed E-state index contributed by atoms with van der Waals surface area (Å²) in [5.41, 5.74) is 0. The van der Waals surface area contributed by atoms with E-state index in [0.717, 1.165) is 0 Å². The zero-order valence-electron chi connectivity index (χ0n) is 10.2. The quantitative estimate of drug-likeness (QED) is 0.413. The summed E-state index contributed by atoms with van der Waals surface area (Å²) in [5, 5.41) is 2.22. The predicted molar refractivity (Wildman–Crippen MR) is 74.8 cm³/mol. The van der Waals surface area contributed by atoms with Crippen molar-refractivity contribution in [3.05, 3.63) is 41.8 Å². The lowest BCUT2D eigenvalue weighted by Crippen LogP contribution is -1.75. The SMILES string of the molecule is CCCCCCC/C=C/Sc1ccccc1. The molecule has 0 saturated carbocycles. The minimum absolute atomic E-state index is 1.23. The summed E-state index contributed by atoms with van der Waals surface area (Å²) in [5.74, 6) is 0. The van der Waals surface area contributed by atoms with Gasteiger partial charge in [-0.2, -0.15) is 0 Å². The molecule has 88 valence electrons. The van der Waals surface area contributed by atoms with E-state index in [1.165, 1.54) is 43.4 Å². The van der Waals surface area contributed by atoms with Crippen molar-refractivity contribution in [2.24, 2.45) is 0 Å². The normalized spacial score (nSPS) is 11.1. The molecular formula is C15H22S. The van der Waals surface area contributed by atoms with E-state index in [1.807, 2.05) is 11.8 Å². The Morgan fingerprint density at radius 2 is 1.75 bits per heavy atom. The highest BCUT2D eigenvalue weighted by Gasteiger charge is 1.88. The van der Waals surface area contributed by atoms with Gasteiger partial charge < -0.3 is 0 Å². The molecule has 0 heterocycles. The highest BCUT2D eigenvalue weighted by Crippen LogP contribution is 2.18. The molecule has 0 bridgehead atoms. The highest BCUT2D eigenvalue weighted by molar-refractivity contribution is 8.02. The van der Waals surface area contributed by atoms with Gasteiger partial charge in [0.2, 0.25) is 0 Å². The zero-order valence-corrected chi connectivity index (χ0v) is 11.0. The van der Waals surface area contributed by atoms with Gasteiger partial charge >= 0.3 is 0 Å². The van der Waals surface area contributed by atoms with Crippen molar-refractivity contribution in [1.29, 1.82) is 0 Å². The molecule has 0 aliphatic rings. The van der Waals surface area contributed by atoms with Crippen molar-refractivity contribution in [3.63, 3.8) is 0 Å². The summed E-state index contributed by atoms with van der Waals surface area (Å²) in [6.07, 6.45) is 10.4. The van der Waals surface area contributed by atoms with Gasteiger partial charge in [0.1, 0.15) is 0 Å². The van der Waals surface area contributed by atoms with Crippen LogP contribution in [0.1, 0.15) is 45.4 Å². The van der Waals surface area contributed by atoms with E-state index in [0.29, 0.717) is 0 Å². The van der Waals surface area contributed by atoms with Gasteiger partial charge in [-0.05, 0) is 30.4 Å². The monoisotopic (exact) mass is 234 g/mol. The Balaban J connectivity index is 2.01. The minimum atomic E-state index is 1.23. The molecule has 0 nitrogen and oxygen atoms in total. The summed E-state index contributed by atoms with van der Waals surface area (Å²) in [6.45, 7) is 2.26. The van der Waals surface area contributed by atoms with E-state index >= 15 is 0 Å². The van der Waals surface area contributed by atoms with Gasteiger partial charge in [-0.1, -0.05) is 68.6 Å². The van der Waals surface area contributed by atoms with E-state index in [2.05, 4.69) is 48.7 Å². The van der Waals surface area contributed by atoms with Crippen LogP contribution in [-0.2, 0) is 0 Å². The van der Waals surface area contributed by atoms with Gasteiger partial charge in [0, 0.05) is 4.90 Å². The van der Waals surface area contributed by atoms with Gasteiger partial charge in [0.15, 0.2) is 0 Å². The summed E-state index contributed by atoms with van der Waals surface area (Å²) >= 11 is 1.81. The maximum absolute atomic E-state index is 2.30. The highest BCUT2D eigenvalue weighted by atomic mass is 32.2. The molecule has 0 unspecified atom stereocenters. The van der Waals surface area contributed by atoms with E-state index in [9.17, 15) is 0 Å². The Morgan fingerprint density at radius 1 is 1.00 bits per heavy atom. The fourth-order valence-corrected chi connectivity index (χ4v) is 2.26. The van der Waals surface area contributed by atoms with Crippen molar-refractivity contribution in [2.45, 2.75) is 50.3 Å². The second kappa shape index (κ2) is 9.53. The summed E-state index contributed by atoms with van der Waals surface area (Å²) < 4.78 is 0. The first kappa shape index (κ1) is 13.4. The maximum Gasteiger partial charge on any atom is 0.0116 e. The Kier molecular flexibility index (Phi) is 7.97. The first-order valence-electron chi connectivity index (χ1n) is 6.30. The lowest BCUT2D eigenvalue weighted by Gasteiger charge is -1.96. The molecule has 0 aromatic heterocycles. The van der Waals surface area contributed by atoms with Crippen molar-refractivity contribution in [3.8, 4) is 0 Å². The van der Waals surface area contributed by atoms with Gasteiger partial charge in [-0.3, -0.25) is 0 Å². The molecule has 0 aliphatic heterocycles. The number of hydrogen-bond acceptors (Lipinski definition) is 1. The molecule has 0 fully saturated rings. The summed E-state index contributed by atoms with van der Waals surface area (Å²) in [4.78, 5) is 1.32. The lowest BCUT2D eigenvalue weighted by molar-refractivity contribution is 0.637. The largest absolute Gasteiger partial charge is 0.0984 e. The lowest BCUT2D eigenvalue weighted by atomic mass is 10.1. The van der Waals surface area contributed by atoms with Gasteiger partial charge in [0.25, 0.3) is 0 Å². The van der Waals surface area contributed by atoms with Crippen LogP contribution in [0.5, 0.6) is 0 Å². The number of allylic oxidation sites excluding steroid dienone is 1. The standard InChI is InChI=1S/C15H22S/c1-2-3-4-5-6-7-11-14-16-15-12-9-8-10-13-15/h8-14H,2-7H2,1H3/b14-11+. The fraction of sp³-hybridized carbons (Fsp3) is 0.467. The van der Waals surface area contributed by atoms with Crippen molar-refractivity contribution < 1.29 is 0 Å². The number of unbranched alkanes of at least 4 members (excludes halogenated alkanes) is 5. The minimum Gasteiger partial charge on any atom is -0.0984 e. The Hall–Kier alpha value is -0.690. The second-order valence-corrected chi connectivity index (χ2v) is 4.98. The third kappa shape index (κ3) is 6.73. The predicted octanol–water partition coefficient (Wildman–Crippen LogP) is 5.65. The van der Waals surface area contributed by atoms with Crippen LogP contribution < -0.4 is 0 Å². The molecule has 0 atom stereocenters. The Bertz CT molecular complexity index is 277. The zero-order chi connectivity index (χ0) is 11.5. The van der Waals surface area contributed by atoms with Crippen LogP contribution in [0.4, 0.5) is 0 Å². The maximum atomic E-state index is 2.30. The fourth-order valence-electron chi connectivity index (χ4n) is 1.56. The first-order chi connectivity index (χ1) is 7.93. The van der Waals surface area contributed by atoms with Crippen LogP contribution >= 0.6 is 11.8 Å². The van der Waals surface area contributed by atoms with Crippen LogP contribution in [0.15, 0.2) is 46.7 Å². The number of thioether (sulfide) groups is 1. The van der Waals surface area contributed by atoms with Gasteiger partial charge in [0.05, 0.1) is 0 Å². The number of benzene rings is 1. The average molecular weight is 234 g/mol. The average Bonchev–Trinajstić information content (AvgIpc) is 2.34. The van der Waals surface area contributed by atoms with Crippen LogP contribution in [0.25, 0.3) is 0 Å². The van der Waals surface area contributed by atoms with E-state index in [1.54, 1.807) is 0 Å². The van der Waals surface area contributed by atoms with Gasteiger partial charge in [-0.25, -0.2) is 0 Å².